The van der Waals surface area contributed by atoms with Gasteiger partial charge in [0, 0.05) is 34.9 Å². The number of pyridine rings is 1. The number of halogens is 1. The lowest BCUT2D eigenvalue weighted by Crippen LogP contribution is -2.37. The topological polar surface area (TPSA) is 134 Å². The molecule has 0 aliphatic carbocycles. The van der Waals surface area contributed by atoms with E-state index in [0.717, 1.165) is 16.5 Å². The Bertz CT molecular complexity index is 1340. The van der Waals surface area contributed by atoms with Crippen molar-refractivity contribution in [2.24, 2.45) is 5.73 Å². The molecule has 1 aliphatic rings. The maximum absolute atomic E-state index is 12.3. The van der Waals surface area contributed by atoms with Crippen molar-refractivity contribution in [2.75, 3.05) is 12.3 Å². The van der Waals surface area contributed by atoms with Crippen molar-refractivity contribution in [1.29, 1.82) is 0 Å². The minimum Gasteiger partial charge on any atom is -0.399 e. The predicted octanol–water partition coefficient (Wildman–Crippen LogP) is 2.36. The third-order valence-corrected chi connectivity index (χ3v) is 5.54. The first-order chi connectivity index (χ1) is 14.9. The van der Waals surface area contributed by atoms with Crippen molar-refractivity contribution in [3.05, 3.63) is 65.7 Å². The molecule has 5 N–H and O–H groups in total. The highest BCUT2D eigenvalue weighted by molar-refractivity contribution is 6.04. The summed E-state index contributed by atoms with van der Waals surface area (Å²) in [5, 5.41) is 8.05. The van der Waals surface area contributed by atoms with Crippen molar-refractivity contribution >= 4 is 40.9 Å². The molecule has 164 valence electrons. The fourth-order valence-corrected chi connectivity index (χ4v) is 4.00. The predicted molar refractivity (Wildman–Crippen MR) is 124 cm³/mol. The summed E-state index contributed by atoms with van der Waals surface area (Å²) >= 11 is 0. The SMILES string of the molecule is CC1CNC(=O)c2cc3cc(-c4cnn(Cc5ccc(N)cc5)c4)c(C(N)=O)nc3n21.Cl. The molecule has 0 radical (unpaired) electrons. The summed E-state index contributed by atoms with van der Waals surface area (Å²) in [6, 6.07) is 11.2. The molecule has 0 bridgehead atoms. The molecule has 0 spiro atoms. The van der Waals surface area contributed by atoms with Gasteiger partial charge in [-0.15, -0.1) is 12.4 Å². The van der Waals surface area contributed by atoms with Crippen LogP contribution in [0.3, 0.4) is 0 Å². The zero-order valence-electron chi connectivity index (χ0n) is 17.3. The molecule has 10 heteroatoms. The second kappa shape index (κ2) is 8.01. The molecule has 9 nitrogen and oxygen atoms in total. The number of primary amides is 1. The van der Waals surface area contributed by atoms with Gasteiger partial charge in [0.1, 0.15) is 17.0 Å². The van der Waals surface area contributed by atoms with Crippen LogP contribution in [0.4, 0.5) is 5.69 Å². The van der Waals surface area contributed by atoms with Crippen LogP contribution >= 0.6 is 12.4 Å². The van der Waals surface area contributed by atoms with Gasteiger partial charge in [0.25, 0.3) is 11.8 Å². The molecule has 2 amide bonds. The Hall–Kier alpha value is -3.85. The van der Waals surface area contributed by atoms with E-state index in [4.69, 9.17) is 11.5 Å². The number of hydrogen-bond acceptors (Lipinski definition) is 5. The molecule has 1 aliphatic heterocycles. The molecular formula is C22H22ClN7O2. The number of amides is 2. The Balaban J connectivity index is 0.00000245. The smallest absolute Gasteiger partial charge is 0.268 e. The van der Waals surface area contributed by atoms with Gasteiger partial charge in [0.2, 0.25) is 0 Å². The highest BCUT2D eigenvalue weighted by Gasteiger charge is 2.27. The quantitative estimate of drug-likeness (QED) is 0.409. The van der Waals surface area contributed by atoms with E-state index in [1.165, 1.54) is 0 Å². The van der Waals surface area contributed by atoms with E-state index >= 15 is 0 Å². The number of nitrogens with two attached hydrogens (primary N) is 2. The summed E-state index contributed by atoms with van der Waals surface area (Å²) in [6.45, 7) is 3.05. The molecule has 0 saturated carbocycles. The second-order valence-corrected chi connectivity index (χ2v) is 7.79. The van der Waals surface area contributed by atoms with Crippen molar-refractivity contribution in [3.8, 4) is 11.1 Å². The van der Waals surface area contributed by atoms with Gasteiger partial charge in [-0.1, -0.05) is 12.1 Å². The average molecular weight is 452 g/mol. The van der Waals surface area contributed by atoms with Crippen LogP contribution in [0.2, 0.25) is 0 Å². The molecular weight excluding hydrogens is 430 g/mol. The van der Waals surface area contributed by atoms with Crippen LogP contribution in [-0.4, -0.2) is 37.7 Å². The molecule has 0 fully saturated rings. The monoisotopic (exact) mass is 451 g/mol. The third kappa shape index (κ3) is 3.56. The molecule has 1 aromatic carbocycles. The summed E-state index contributed by atoms with van der Waals surface area (Å²) in [7, 11) is 0. The summed E-state index contributed by atoms with van der Waals surface area (Å²) < 4.78 is 3.63. The molecule has 4 heterocycles. The van der Waals surface area contributed by atoms with E-state index in [9.17, 15) is 9.59 Å². The number of nitrogen functional groups attached to an aromatic ring is 1. The van der Waals surface area contributed by atoms with E-state index in [2.05, 4.69) is 15.4 Å². The molecule has 1 unspecified atom stereocenters. The fourth-order valence-electron chi connectivity index (χ4n) is 4.00. The first-order valence-electron chi connectivity index (χ1n) is 9.92. The molecule has 32 heavy (non-hydrogen) atoms. The van der Waals surface area contributed by atoms with Crippen LogP contribution in [0, 0.1) is 0 Å². The van der Waals surface area contributed by atoms with Crippen LogP contribution < -0.4 is 16.8 Å². The van der Waals surface area contributed by atoms with Gasteiger partial charge in [-0.2, -0.15) is 5.10 Å². The van der Waals surface area contributed by atoms with Gasteiger partial charge < -0.3 is 21.4 Å². The van der Waals surface area contributed by atoms with Crippen molar-refractivity contribution in [2.45, 2.75) is 19.5 Å². The molecule has 0 saturated heterocycles. The third-order valence-electron chi connectivity index (χ3n) is 5.54. The van der Waals surface area contributed by atoms with Crippen LogP contribution in [0.5, 0.6) is 0 Å². The zero-order valence-corrected chi connectivity index (χ0v) is 18.1. The Morgan fingerprint density at radius 3 is 2.72 bits per heavy atom. The van der Waals surface area contributed by atoms with Gasteiger partial charge >= 0.3 is 0 Å². The standard InChI is InChI=1S/C22H21N7O2.ClH/c1-12-8-25-22(31)18-7-14-6-17(19(20(24)30)27-21(14)29(12)18)15-9-26-28(11-15)10-13-2-4-16(23)5-3-13;/h2-7,9,11-12H,8,10,23H2,1H3,(H2,24,30)(H,25,31);1H. The van der Waals surface area contributed by atoms with Gasteiger partial charge in [0.05, 0.1) is 18.8 Å². The van der Waals surface area contributed by atoms with Gasteiger partial charge in [-0.25, -0.2) is 4.98 Å². The van der Waals surface area contributed by atoms with E-state index in [1.807, 2.05) is 48.0 Å². The number of nitrogens with one attached hydrogen (secondary N) is 1. The van der Waals surface area contributed by atoms with E-state index < -0.39 is 5.91 Å². The van der Waals surface area contributed by atoms with Crippen LogP contribution in [0.1, 0.15) is 39.5 Å². The van der Waals surface area contributed by atoms with Crippen molar-refractivity contribution in [1.82, 2.24) is 24.6 Å². The number of fused-ring (bicyclic) bond motifs is 3. The number of benzene rings is 1. The summed E-state index contributed by atoms with van der Waals surface area (Å²) in [6.07, 6.45) is 3.52. The minimum absolute atomic E-state index is 0. The number of carbonyl (C=O) groups is 2. The lowest BCUT2D eigenvalue weighted by Gasteiger charge is -2.23. The maximum Gasteiger partial charge on any atom is 0.268 e. The Morgan fingerprint density at radius 1 is 1.25 bits per heavy atom. The molecule has 5 rings (SSSR count). The van der Waals surface area contributed by atoms with E-state index in [1.54, 1.807) is 16.9 Å². The fraction of sp³-hybridized carbons (Fsp3) is 0.182. The minimum atomic E-state index is -0.633. The first-order valence-corrected chi connectivity index (χ1v) is 9.92. The number of anilines is 1. The highest BCUT2D eigenvalue weighted by atomic mass is 35.5. The van der Waals surface area contributed by atoms with Gasteiger partial charge in [-0.05, 0) is 36.8 Å². The zero-order chi connectivity index (χ0) is 21.7. The van der Waals surface area contributed by atoms with Crippen molar-refractivity contribution in [3.63, 3.8) is 0 Å². The number of rotatable bonds is 4. The lowest BCUT2D eigenvalue weighted by atomic mass is 10.1. The van der Waals surface area contributed by atoms with Crippen molar-refractivity contribution < 1.29 is 9.59 Å². The average Bonchev–Trinajstić information content (AvgIpc) is 3.36. The normalized spacial score (nSPS) is 15.2. The summed E-state index contributed by atoms with van der Waals surface area (Å²) in [5.41, 5.74) is 15.7. The molecule has 1 atom stereocenters. The van der Waals surface area contributed by atoms with Gasteiger partial charge in [-0.3, -0.25) is 14.3 Å². The molecule has 3 aromatic heterocycles. The summed E-state index contributed by atoms with van der Waals surface area (Å²) in [5.74, 6) is -0.791. The number of hydrogen-bond donors (Lipinski definition) is 3. The second-order valence-electron chi connectivity index (χ2n) is 7.79. The Morgan fingerprint density at radius 2 is 2.00 bits per heavy atom. The largest absolute Gasteiger partial charge is 0.399 e. The van der Waals surface area contributed by atoms with Crippen LogP contribution in [-0.2, 0) is 6.54 Å². The van der Waals surface area contributed by atoms with Gasteiger partial charge in [0.15, 0.2) is 0 Å². The van der Waals surface area contributed by atoms with Crippen LogP contribution in [0.25, 0.3) is 22.2 Å². The Kier molecular flexibility index (Phi) is 5.35. The molecule has 4 aromatic rings. The first kappa shape index (κ1) is 21.4. The maximum atomic E-state index is 12.3. The summed E-state index contributed by atoms with van der Waals surface area (Å²) in [4.78, 5) is 29.1. The van der Waals surface area contributed by atoms with E-state index in [0.29, 0.717) is 35.7 Å². The van der Waals surface area contributed by atoms with Crippen LogP contribution in [0.15, 0.2) is 48.8 Å². The lowest BCUT2D eigenvalue weighted by molar-refractivity contribution is 0.0918. The number of nitrogens with zero attached hydrogens (tertiary/aromatic N) is 4. The highest BCUT2D eigenvalue weighted by Crippen LogP contribution is 2.31. The van der Waals surface area contributed by atoms with E-state index in [-0.39, 0.29) is 30.0 Å². The number of carbonyl (C=O) groups excluding carboxylic acids is 2. The Labute approximate surface area is 189 Å². The number of aromatic nitrogens is 4.